The lowest BCUT2D eigenvalue weighted by molar-refractivity contribution is -0.113. The number of hydrogen-bond donors (Lipinski definition) is 0. The third-order valence-electron chi connectivity index (χ3n) is 6.11. The summed E-state index contributed by atoms with van der Waals surface area (Å²) in [5, 5.41) is 0.441. The second kappa shape index (κ2) is 8.43. The predicted octanol–water partition coefficient (Wildman–Crippen LogP) is 4.84. The van der Waals surface area contributed by atoms with Gasteiger partial charge in [-0.15, -0.1) is 11.3 Å². The van der Waals surface area contributed by atoms with Gasteiger partial charge in [0.2, 0.25) is 0 Å². The van der Waals surface area contributed by atoms with Crippen LogP contribution in [0, 0.1) is 5.92 Å². The standard InChI is InChI=1S/C23H24ClNO4S2/c24-22-12-25-23(30-22)11-20(26)18(9-14-7-8-29-13-14)16-3-6-21(19(10-16)15-1-2-15)31(27,28)17-4-5-17/h3,6,9-10,12,14-15,17H,1-2,4-5,7-8,11,13H2/b18-9+. The maximum atomic E-state index is 13.3. The Labute approximate surface area is 191 Å². The first-order chi connectivity index (χ1) is 14.9. The van der Waals surface area contributed by atoms with Gasteiger partial charge in [-0.25, -0.2) is 13.4 Å². The number of benzene rings is 1. The largest absolute Gasteiger partial charge is 0.381 e. The number of halogens is 1. The molecule has 2 saturated carbocycles. The normalized spacial score (nSPS) is 22.1. The minimum atomic E-state index is -3.28. The molecule has 0 amide bonds. The van der Waals surface area contributed by atoms with Crippen molar-refractivity contribution >= 4 is 44.1 Å². The van der Waals surface area contributed by atoms with Crippen LogP contribution < -0.4 is 0 Å². The number of rotatable bonds is 8. The Kier molecular flexibility index (Phi) is 5.79. The summed E-state index contributed by atoms with van der Waals surface area (Å²) in [6.45, 7) is 1.29. The Morgan fingerprint density at radius 2 is 2.03 bits per heavy atom. The fraction of sp³-hybridized carbons (Fsp3) is 0.478. The van der Waals surface area contributed by atoms with Gasteiger partial charge in [-0.3, -0.25) is 4.79 Å². The third-order valence-corrected chi connectivity index (χ3v) is 9.56. The van der Waals surface area contributed by atoms with Crippen molar-refractivity contribution in [3.05, 3.63) is 50.9 Å². The van der Waals surface area contributed by atoms with Crippen LogP contribution in [0.15, 0.2) is 35.4 Å². The molecule has 2 aromatic rings. The molecule has 1 aromatic carbocycles. The Hall–Kier alpha value is -1.54. The molecule has 31 heavy (non-hydrogen) atoms. The molecule has 164 valence electrons. The van der Waals surface area contributed by atoms with Crippen LogP contribution in [0.25, 0.3) is 5.57 Å². The fourth-order valence-electron chi connectivity index (χ4n) is 4.12. The highest BCUT2D eigenvalue weighted by molar-refractivity contribution is 7.92. The highest BCUT2D eigenvalue weighted by Crippen LogP contribution is 2.46. The molecular formula is C23H24ClNO4S2. The molecular weight excluding hydrogens is 454 g/mol. The SMILES string of the molecule is O=C(Cc1ncc(Cl)s1)/C(=C/C1CCOC1)c1ccc(S(=O)(=O)C2CC2)c(C2CC2)c1. The van der Waals surface area contributed by atoms with Gasteiger partial charge in [0.15, 0.2) is 15.6 Å². The van der Waals surface area contributed by atoms with Crippen molar-refractivity contribution < 1.29 is 17.9 Å². The molecule has 1 aromatic heterocycles. The number of allylic oxidation sites excluding steroid dienone is 1. The van der Waals surface area contributed by atoms with Crippen LogP contribution in [0.4, 0.5) is 0 Å². The van der Waals surface area contributed by atoms with E-state index >= 15 is 0 Å². The van der Waals surface area contributed by atoms with Gasteiger partial charge < -0.3 is 4.74 Å². The van der Waals surface area contributed by atoms with Crippen molar-refractivity contribution in [1.82, 2.24) is 4.98 Å². The monoisotopic (exact) mass is 477 g/mol. The summed E-state index contributed by atoms with van der Waals surface area (Å²) in [5.41, 5.74) is 2.29. The van der Waals surface area contributed by atoms with Gasteiger partial charge >= 0.3 is 0 Å². The lowest BCUT2D eigenvalue weighted by Gasteiger charge is -2.14. The van der Waals surface area contributed by atoms with E-state index in [1.807, 2.05) is 12.1 Å². The molecule has 3 fully saturated rings. The Morgan fingerprint density at radius 1 is 1.23 bits per heavy atom. The average Bonchev–Trinajstić information content (AvgIpc) is 3.67. The highest BCUT2D eigenvalue weighted by Gasteiger charge is 2.40. The zero-order valence-corrected chi connectivity index (χ0v) is 19.4. The van der Waals surface area contributed by atoms with E-state index in [1.54, 1.807) is 18.3 Å². The van der Waals surface area contributed by atoms with Crippen LogP contribution in [0.1, 0.15) is 54.2 Å². The van der Waals surface area contributed by atoms with Crippen molar-refractivity contribution in [2.45, 2.75) is 54.6 Å². The molecule has 1 unspecified atom stereocenters. The van der Waals surface area contributed by atoms with Crippen LogP contribution in [0.5, 0.6) is 0 Å². The van der Waals surface area contributed by atoms with E-state index in [2.05, 4.69) is 4.98 Å². The Bertz CT molecular complexity index is 1140. The molecule has 2 aliphatic carbocycles. The Morgan fingerprint density at radius 3 is 2.65 bits per heavy atom. The van der Waals surface area contributed by atoms with Gasteiger partial charge in [0.05, 0.1) is 29.4 Å². The molecule has 0 bridgehead atoms. The summed E-state index contributed by atoms with van der Waals surface area (Å²) in [6, 6.07) is 5.47. The zero-order valence-electron chi connectivity index (χ0n) is 17.1. The Balaban J connectivity index is 1.52. The van der Waals surface area contributed by atoms with Crippen molar-refractivity contribution in [3.63, 3.8) is 0 Å². The van der Waals surface area contributed by atoms with Crippen LogP contribution in [0.2, 0.25) is 4.34 Å². The van der Waals surface area contributed by atoms with Gasteiger partial charge in [-0.1, -0.05) is 23.7 Å². The maximum Gasteiger partial charge on any atom is 0.181 e. The number of carbonyl (C=O) groups excluding carboxylic acids is 1. The molecule has 1 atom stereocenters. The highest BCUT2D eigenvalue weighted by atomic mass is 35.5. The van der Waals surface area contributed by atoms with E-state index in [0.29, 0.717) is 33.0 Å². The quantitative estimate of drug-likeness (QED) is 0.508. The van der Waals surface area contributed by atoms with E-state index in [1.165, 1.54) is 11.3 Å². The van der Waals surface area contributed by atoms with E-state index in [9.17, 15) is 13.2 Å². The molecule has 0 radical (unpaired) electrons. The molecule has 0 spiro atoms. The number of hydrogen-bond acceptors (Lipinski definition) is 6. The molecule has 0 N–H and O–H groups in total. The van der Waals surface area contributed by atoms with Crippen LogP contribution >= 0.6 is 22.9 Å². The maximum absolute atomic E-state index is 13.3. The smallest absolute Gasteiger partial charge is 0.181 e. The van der Waals surface area contributed by atoms with Crippen molar-refractivity contribution in [3.8, 4) is 0 Å². The summed E-state index contributed by atoms with van der Waals surface area (Å²) in [5.74, 6) is 0.419. The van der Waals surface area contributed by atoms with Gasteiger partial charge in [-0.2, -0.15) is 0 Å². The van der Waals surface area contributed by atoms with E-state index in [0.717, 1.165) is 43.2 Å². The number of nitrogens with zero attached hydrogens (tertiary/aromatic N) is 1. The zero-order chi connectivity index (χ0) is 21.6. The lowest BCUT2D eigenvalue weighted by Crippen LogP contribution is -2.12. The predicted molar refractivity (Wildman–Crippen MR) is 121 cm³/mol. The number of thiazole rings is 1. The van der Waals surface area contributed by atoms with E-state index < -0.39 is 9.84 Å². The molecule has 1 saturated heterocycles. The van der Waals surface area contributed by atoms with Gasteiger partial charge in [0.1, 0.15) is 9.34 Å². The number of carbonyl (C=O) groups is 1. The molecule has 1 aliphatic heterocycles. The van der Waals surface area contributed by atoms with Crippen LogP contribution in [-0.4, -0.2) is 37.6 Å². The summed E-state index contributed by atoms with van der Waals surface area (Å²) in [7, 11) is -3.28. The van der Waals surface area contributed by atoms with Crippen LogP contribution in [-0.2, 0) is 25.8 Å². The van der Waals surface area contributed by atoms with Crippen LogP contribution in [0.3, 0.4) is 0 Å². The van der Waals surface area contributed by atoms with Gasteiger partial charge in [0, 0.05) is 18.1 Å². The number of ether oxygens (including phenoxy) is 1. The first-order valence-corrected chi connectivity index (χ1v) is 13.5. The fourth-order valence-corrected chi connectivity index (χ4v) is 7.00. The second-order valence-corrected chi connectivity index (χ2v) is 12.6. The summed E-state index contributed by atoms with van der Waals surface area (Å²) >= 11 is 7.30. The minimum Gasteiger partial charge on any atom is -0.381 e. The topological polar surface area (TPSA) is 73.3 Å². The van der Waals surface area contributed by atoms with E-state index in [4.69, 9.17) is 16.3 Å². The molecule has 2 heterocycles. The molecule has 5 nitrogen and oxygen atoms in total. The number of Topliss-reactive ketones (excluding diaryl/α,β-unsaturated/α-hetero) is 1. The third kappa shape index (κ3) is 4.65. The van der Waals surface area contributed by atoms with Gasteiger partial charge in [0.25, 0.3) is 0 Å². The second-order valence-electron chi connectivity index (χ2n) is 8.63. The molecule has 8 heteroatoms. The number of sulfone groups is 1. The molecule has 5 rings (SSSR count). The van der Waals surface area contributed by atoms with E-state index in [-0.39, 0.29) is 29.3 Å². The number of ketones is 1. The minimum absolute atomic E-state index is 0.0301. The molecule has 3 aliphatic rings. The first-order valence-electron chi connectivity index (χ1n) is 10.7. The summed E-state index contributed by atoms with van der Waals surface area (Å²) in [4.78, 5) is 18.0. The van der Waals surface area contributed by atoms with Gasteiger partial charge in [-0.05, 0) is 61.3 Å². The summed E-state index contributed by atoms with van der Waals surface area (Å²) in [6.07, 6.45) is 8.11. The van der Waals surface area contributed by atoms with Crippen molar-refractivity contribution in [2.24, 2.45) is 5.92 Å². The lowest BCUT2D eigenvalue weighted by atomic mass is 9.93. The van der Waals surface area contributed by atoms with Crippen molar-refractivity contribution in [1.29, 1.82) is 0 Å². The summed E-state index contributed by atoms with van der Waals surface area (Å²) < 4.78 is 32.0. The first kappa shape index (κ1) is 21.3. The number of aromatic nitrogens is 1. The van der Waals surface area contributed by atoms with Crippen molar-refractivity contribution in [2.75, 3.05) is 13.2 Å². The average molecular weight is 478 g/mol.